The van der Waals surface area contributed by atoms with E-state index in [1.165, 1.54) is 0 Å². The first-order chi connectivity index (χ1) is 18.3. The van der Waals surface area contributed by atoms with Crippen molar-refractivity contribution in [3.05, 3.63) is 77.4 Å². The highest BCUT2D eigenvalue weighted by molar-refractivity contribution is 6.09. The number of esters is 1. The number of rotatable bonds is 8. The maximum atomic E-state index is 12.9. The van der Waals surface area contributed by atoms with Crippen LogP contribution in [-0.2, 0) is 16.8 Å². The predicted octanol–water partition coefficient (Wildman–Crippen LogP) is 4.52. The molecule has 0 bridgehead atoms. The second-order valence-corrected chi connectivity index (χ2v) is 9.99. The van der Waals surface area contributed by atoms with E-state index in [4.69, 9.17) is 14.5 Å². The number of fused-ring (bicyclic) bond motifs is 3. The Morgan fingerprint density at radius 1 is 1.11 bits per heavy atom. The summed E-state index contributed by atoms with van der Waals surface area (Å²) in [5.74, 6) is 0.885. The Hall–Kier alpha value is -4.31. The minimum atomic E-state index is -0.545. The van der Waals surface area contributed by atoms with Gasteiger partial charge in [0.1, 0.15) is 17.5 Å². The third-order valence-electron chi connectivity index (χ3n) is 6.34. The molecule has 10 nitrogen and oxygen atoms in total. The summed E-state index contributed by atoms with van der Waals surface area (Å²) < 4.78 is 12.4. The van der Waals surface area contributed by atoms with Crippen molar-refractivity contribution in [3.63, 3.8) is 0 Å². The standard InChI is InChI=1S/C28H31N7O3/c1-6-38-27(36)22-15-20-19-9-7-8-10-21(19)30-23(20)24(31-22)25(26-32-33-34-35(26)28(2,3)4)29-16-17-11-13-18(37-5)14-12-17/h7-15,25,29-30H,6,16H2,1-5H3. The average Bonchev–Trinajstić information content (AvgIpc) is 3.55. The molecule has 3 heterocycles. The van der Waals surface area contributed by atoms with Gasteiger partial charge in [-0.05, 0) is 68.0 Å². The van der Waals surface area contributed by atoms with Crippen LogP contribution in [0.3, 0.4) is 0 Å². The molecule has 38 heavy (non-hydrogen) atoms. The van der Waals surface area contributed by atoms with Gasteiger partial charge in [0.05, 0.1) is 30.5 Å². The van der Waals surface area contributed by atoms with Gasteiger partial charge in [-0.3, -0.25) is 5.32 Å². The van der Waals surface area contributed by atoms with Crippen LogP contribution in [0, 0.1) is 0 Å². The van der Waals surface area contributed by atoms with Gasteiger partial charge >= 0.3 is 5.97 Å². The van der Waals surface area contributed by atoms with Crippen LogP contribution in [0.2, 0.25) is 0 Å². The number of aromatic nitrogens is 6. The zero-order valence-corrected chi connectivity index (χ0v) is 22.1. The third kappa shape index (κ3) is 4.82. The molecule has 0 fully saturated rings. The molecule has 196 valence electrons. The molecule has 5 aromatic rings. The molecule has 5 rings (SSSR count). The van der Waals surface area contributed by atoms with Crippen LogP contribution in [0.4, 0.5) is 0 Å². The number of carbonyl (C=O) groups is 1. The predicted molar refractivity (Wildman–Crippen MR) is 144 cm³/mol. The number of H-pyrrole nitrogens is 1. The van der Waals surface area contributed by atoms with Crippen molar-refractivity contribution in [2.75, 3.05) is 13.7 Å². The Labute approximate surface area is 220 Å². The number of pyridine rings is 1. The van der Waals surface area contributed by atoms with Crippen LogP contribution in [0.1, 0.15) is 61.3 Å². The summed E-state index contributed by atoms with van der Waals surface area (Å²) in [5.41, 5.74) is 3.23. The van der Waals surface area contributed by atoms with E-state index in [1.807, 2.05) is 69.3 Å². The lowest BCUT2D eigenvalue weighted by Crippen LogP contribution is -2.32. The lowest BCUT2D eigenvalue weighted by Gasteiger charge is -2.25. The van der Waals surface area contributed by atoms with E-state index in [-0.39, 0.29) is 12.3 Å². The van der Waals surface area contributed by atoms with E-state index in [0.29, 0.717) is 18.1 Å². The fourth-order valence-electron chi connectivity index (χ4n) is 4.51. The normalized spacial score (nSPS) is 12.7. The number of nitrogens with zero attached hydrogens (tertiary/aromatic N) is 5. The first-order valence-corrected chi connectivity index (χ1v) is 12.5. The van der Waals surface area contributed by atoms with Gasteiger partial charge in [0.25, 0.3) is 0 Å². The summed E-state index contributed by atoms with van der Waals surface area (Å²) in [4.78, 5) is 21.2. The van der Waals surface area contributed by atoms with Crippen LogP contribution in [0.5, 0.6) is 5.75 Å². The number of nitrogens with one attached hydrogen (secondary N) is 2. The molecule has 2 aromatic carbocycles. The van der Waals surface area contributed by atoms with E-state index < -0.39 is 17.6 Å². The topological polar surface area (TPSA) is 120 Å². The lowest BCUT2D eigenvalue weighted by atomic mass is 10.0. The van der Waals surface area contributed by atoms with Crippen molar-refractivity contribution in [2.45, 2.75) is 45.8 Å². The number of tetrazole rings is 1. The van der Waals surface area contributed by atoms with E-state index >= 15 is 0 Å². The van der Waals surface area contributed by atoms with E-state index in [2.05, 4.69) is 25.8 Å². The van der Waals surface area contributed by atoms with Crippen molar-refractivity contribution >= 4 is 27.8 Å². The molecule has 1 unspecified atom stereocenters. The van der Waals surface area contributed by atoms with Gasteiger partial charge in [-0.15, -0.1) is 5.10 Å². The van der Waals surface area contributed by atoms with Crippen molar-refractivity contribution in [2.24, 2.45) is 0 Å². The number of benzene rings is 2. The summed E-state index contributed by atoms with van der Waals surface area (Å²) in [6.07, 6.45) is 0. The molecular formula is C28H31N7O3. The van der Waals surface area contributed by atoms with Crippen molar-refractivity contribution in [3.8, 4) is 5.75 Å². The number of hydrogen-bond donors (Lipinski definition) is 2. The quantitative estimate of drug-likeness (QED) is 0.291. The van der Waals surface area contributed by atoms with Gasteiger partial charge < -0.3 is 14.5 Å². The largest absolute Gasteiger partial charge is 0.497 e. The molecule has 3 aromatic heterocycles. The third-order valence-corrected chi connectivity index (χ3v) is 6.34. The maximum Gasteiger partial charge on any atom is 0.356 e. The minimum Gasteiger partial charge on any atom is -0.497 e. The Morgan fingerprint density at radius 3 is 2.58 bits per heavy atom. The smallest absolute Gasteiger partial charge is 0.356 e. The van der Waals surface area contributed by atoms with E-state index in [9.17, 15) is 4.79 Å². The number of methoxy groups -OCH3 is 1. The highest BCUT2D eigenvalue weighted by atomic mass is 16.5. The first-order valence-electron chi connectivity index (χ1n) is 12.5. The van der Waals surface area contributed by atoms with Crippen molar-refractivity contribution in [1.82, 2.24) is 35.5 Å². The zero-order valence-electron chi connectivity index (χ0n) is 22.1. The molecular weight excluding hydrogens is 482 g/mol. The number of aromatic amines is 1. The van der Waals surface area contributed by atoms with Gasteiger partial charge in [0, 0.05) is 22.8 Å². The SMILES string of the molecule is CCOC(=O)c1cc2c([nH]c3ccccc32)c(C(NCc2ccc(OC)cc2)c2nnnn2C(C)(C)C)n1. The summed E-state index contributed by atoms with van der Waals surface area (Å²) in [5, 5.41) is 18.2. The minimum absolute atomic E-state index is 0.227. The van der Waals surface area contributed by atoms with E-state index in [0.717, 1.165) is 33.1 Å². The lowest BCUT2D eigenvalue weighted by molar-refractivity contribution is 0.0519. The Bertz CT molecular complexity index is 1580. The van der Waals surface area contributed by atoms with Crippen molar-refractivity contribution in [1.29, 1.82) is 0 Å². The highest BCUT2D eigenvalue weighted by Gasteiger charge is 2.31. The van der Waals surface area contributed by atoms with Crippen LogP contribution in [0.25, 0.3) is 21.8 Å². The van der Waals surface area contributed by atoms with E-state index in [1.54, 1.807) is 24.8 Å². The van der Waals surface area contributed by atoms with Gasteiger partial charge in [-0.2, -0.15) is 0 Å². The molecule has 0 aliphatic heterocycles. The molecule has 0 saturated heterocycles. The number of para-hydroxylation sites is 1. The first kappa shape index (κ1) is 25.3. The van der Waals surface area contributed by atoms with Gasteiger partial charge in [-0.25, -0.2) is 14.5 Å². The number of ether oxygens (including phenoxy) is 2. The van der Waals surface area contributed by atoms with Gasteiger partial charge in [0.2, 0.25) is 0 Å². The molecule has 0 aliphatic carbocycles. The molecule has 0 spiro atoms. The summed E-state index contributed by atoms with van der Waals surface area (Å²) >= 11 is 0. The van der Waals surface area contributed by atoms with Crippen LogP contribution < -0.4 is 10.1 Å². The fourth-order valence-corrected chi connectivity index (χ4v) is 4.51. The van der Waals surface area contributed by atoms with Crippen LogP contribution >= 0.6 is 0 Å². The molecule has 10 heteroatoms. The summed E-state index contributed by atoms with van der Waals surface area (Å²) in [6, 6.07) is 17.0. The molecule has 0 radical (unpaired) electrons. The summed E-state index contributed by atoms with van der Waals surface area (Å²) in [6.45, 7) is 8.64. The van der Waals surface area contributed by atoms with Crippen LogP contribution in [0.15, 0.2) is 54.6 Å². The molecule has 0 aliphatic rings. The second kappa shape index (κ2) is 10.2. The molecule has 0 saturated carbocycles. The zero-order chi connectivity index (χ0) is 26.9. The highest BCUT2D eigenvalue weighted by Crippen LogP contribution is 2.33. The second-order valence-electron chi connectivity index (χ2n) is 9.99. The molecule has 0 amide bonds. The van der Waals surface area contributed by atoms with Crippen molar-refractivity contribution < 1.29 is 14.3 Å². The summed E-state index contributed by atoms with van der Waals surface area (Å²) in [7, 11) is 1.64. The maximum absolute atomic E-state index is 12.9. The fraction of sp³-hybridized carbons (Fsp3) is 0.321. The Balaban J connectivity index is 1.70. The Kier molecular flexibility index (Phi) is 6.81. The van der Waals surface area contributed by atoms with Crippen LogP contribution in [-0.4, -0.2) is 49.9 Å². The average molecular weight is 514 g/mol. The molecule has 2 N–H and O–H groups in total. The number of hydrogen-bond acceptors (Lipinski definition) is 8. The monoisotopic (exact) mass is 513 g/mol. The molecule has 1 atom stereocenters. The van der Waals surface area contributed by atoms with Gasteiger partial charge in [0.15, 0.2) is 5.82 Å². The van der Waals surface area contributed by atoms with Gasteiger partial charge in [-0.1, -0.05) is 30.3 Å². The number of carbonyl (C=O) groups excluding carboxylic acids is 1. The Morgan fingerprint density at radius 2 is 1.87 bits per heavy atom.